The minimum atomic E-state index is 0.0247. The fraction of sp³-hybridized carbons (Fsp3) is 0.526. The number of hydrogen-bond acceptors (Lipinski definition) is 4. The summed E-state index contributed by atoms with van der Waals surface area (Å²) in [4.78, 5) is 16.2. The van der Waals surface area contributed by atoms with Crippen LogP contribution in [-0.4, -0.2) is 22.6 Å². The Balaban J connectivity index is 1.85. The Labute approximate surface area is 143 Å². The Morgan fingerprint density at radius 1 is 1.17 bits per heavy atom. The van der Waals surface area contributed by atoms with Gasteiger partial charge in [-0.05, 0) is 23.8 Å². The second-order valence-electron chi connectivity index (χ2n) is 6.82. The van der Waals surface area contributed by atoms with E-state index >= 15 is 0 Å². The van der Waals surface area contributed by atoms with Crippen molar-refractivity contribution >= 4 is 5.91 Å². The van der Waals surface area contributed by atoms with E-state index in [0.717, 1.165) is 12.0 Å². The second-order valence-corrected chi connectivity index (χ2v) is 6.82. The van der Waals surface area contributed by atoms with Crippen LogP contribution in [0.2, 0.25) is 0 Å². The topological polar surface area (TPSA) is 68.0 Å². The zero-order valence-corrected chi connectivity index (χ0v) is 15.0. The van der Waals surface area contributed by atoms with E-state index in [9.17, 15) is 4.79 Å². The van der Waals surface area contributed by atoms with Crippen molar-refractivity contribution < 1.29 is 9.32 Å². The Morgan fingerprint density at radius 2 is 1.88 bits per heavy atom. The van der Waals surface area contributed by atoms with Gasteiger partial charge < -0.3 is 9.84 Å². The molecule has 0 radical (unpaired) electrons. The third kappa shape index (κ3) is 5.48. The molecule has 0 aliphatic carbocycles. The van der Waals surface area contributed by atoms with Gasteiger partial charge in [0.15, 0.2) is 0 Å². The molecule has 5 nitrogen and oxygen atoms in total. The van der Waals surface area contributed by atoms with Crippen LogP contribution >= 0.6 is 0 Å². The van der Waals surface area contributed by atoms with Gasteiger partial charge in [0.05, 0.1) is 0 Å². The molecule has 1 aromatic heterocycles. The van der Waals surface area contributed by atoms with E-state index < -0.39 is 0 Å². The molecule has 0 saturated carbocycles. The van der Waals surface area contributed by atoms with Crippen LogP contribution in [0, 0.1) is 5.92 Å². The number of carbonyl (C=O) groups is 1. The van der Waals surface area contributed by atoms with Crippen molar-refractivity contribution in [3.05, 3.63) is 35.7 Å². The normalized spacial score (nSPS) is 11.2. The Morgan fingerprint density at radius 3 is 2.50 bits per heavy atom. The molecule has 0 aliphatic heterocycles. The molecule has 0 bridgehead atoms. The van der Waals surface area contributed by atoms with Gasteiger partial charge in [0.1, 0.15) is 0 Å². The average molecular weight is 329 g/mol. The molecule has 1 N–H and O–H groups in total. The summed E-state index contributed by atoms with van der Waals surface area (Å²) in [5.41, 5.74) is 2.20. The van der Waals surface area contributed by atoms with Gasteiger partial charge in [-0.25, -0.2) is 0 Å². The molecule has 0 spiro atoms. The van der Waals surface area contributed by atoms with Crippen molar-refractivity contribution in [2.24, 2.45) is 5.92 Å². The first-order valence-corrected chi connectivity index (χ1v) is 8.65. The van der Waals surface area contributed by atoms with Crippen LogP contribution in [0.1, 0.15) is 57.9 Å². The predicted octanol–water partition coefficient (Wildman–Crippen LogP) is 3.95. The van der Waals surface area contributed by atoms with Gasteiger partial charge in [-0.15, -0.1) is 0 Å². The predicted molar refractivity (Wildman–Crippen MR) is 94.6 cm³/mol. The number of rotatable bonds is 8. The summed E-state index contributed by atoms with van der Waals surface area (Å²) >= 11 is 0. The number of benzene rings is 1. The van der Waals surface area contributed by atoms with E-state index in [1.54, 1.807) is 0 Å². The summed E-state index contributed by atoms with van der Waals surface area (Å²) in [6.45, 7) is 9.31. The maximum atomic E-state index is 11.8. The highest BCUT2D eigenvalue weighted by molar-refractivity contribution is 5.75. The molecule has 1 heterocycles. The van der Waals surface area contributed by atoms with Crippen LogP contribution in [-0.2, 0) is 11.2 Å². The summed E-state index contributed by atoms with van der Waals surface area (Å²) in [6, 6.07) is 8.17. The summed E-state index contributed by atoms with van der Waals surface area (Å²) < 4.78 is 5.25. The highest BCUT2D eigenvalue weighted by atomic mass is 16.5. The maximum Gasteiger partial charge on any atom is 0.227 e. The fourth-order valence-corrected chi connectivity index (χ4v) is 2.30. The van der Waals surface area contributed by atoms with Gasteiger partial charge in [-0.1, -0.05) is 57.1 Å². The standard InChI is InChI=1S/C19H27N3O2/c1-13(2)11-12-20-17(23)9-10-18-21-19(22-24-18)16-7-5-15(6-8-16)14(3)4/h5-8,13-14H,9-12H2,1-4H3,(H,20,23). The number of aryl methyl sites for hydroxylation is 1. The first-order valence-electron chi connectivity index (χ1n) is 8.65. The fourth-order valence-electron chi connectivity index (χ4n) is 2.30. The third-order valence-electron chi connectivity index (χ3n) is 3.91. The molecule has 1 aromatic carbocycles. The molecular weight excluding hydrogens is 302 g/mol. The number of hydrogen-bond donors (Lipinski definition) is 1. The van der Waals surface area contributed by atoms with E-state index in [4.69, 9.17) is 4.52 Å². The van der Waals surface area contributed by atoms with Gasteiger partial charge in [0.2, 0.25) is 17.6 Å². The number of aromatic nitrogens is 2. The summed E-state index contributed by atoms with van der Waals surface area (Å²) in [6.07, 6.45) is 1.82. The van der Waals surface area contributed by atoms with Crippen molar-refractivity contribution in [3.63, 3.8) is 0 Å². The molecule has 5 heteroatoms. The van der Waals surface area contributed by atoms with Crippen LogP contribution in [0.5, 0.6) is 0 Å². The number of nitrogens with zero attached hydrogens (tertiary/aromatic N) is 2. The Hall–Kier alpha value is -2.17. The molecule has 0 fully saturated rings. The van der Waals surface area contributed by atoms with E-state index in [-0.39, 0.29) is 5.91 Å². The molecule has 0 saturated heterocycles. The van der Waals surface area contributed by atoms with Gasteiger partial charge in [-0.2, -0.15) is 4.98 Å². The molecule has 2 rings (SSSR count). The quantitative estimate of drug-likeness (QED) is 0.796. The van der Waals surface area contributed by atoms with Gasteiger partial charge >= 0.3 is 0 Å². The largest absolute Gasteiger partial charge is 0.356 e. The van der Waals surface area contributed by atoms with Crippen LogP contribution in [0.4, 0.5) is 0 Å². The number of nitrogens with one attached hydrogen (secondary N) is 1. The van der Waals surface area contributed by atoms with Crippen LogP contribution in [0.15, 0.2) is 28.8 Å². The van der Waals surface area contributed by atoms with Crippen molar-refractivity contribution in [2.45, 2.75) is 52.9 Å². The van der Waals surface area contributed by atoms with Crippen molar-refractivity contribution in [1.82, 2.24) is 15.5 Å². The lowest BCUT2D eigenvalue weighted by atomic mass is 10.0. The van der Waals surface area contributed by atoms with Crippen LogP contribution in [0.3, 0.4) is 0 Å². The first-order chi connectivity index (χ1) is 11.5. The van der Waals surface area contributed by atoms with E-state index in [1.807, 2.05) is 12.1 Å². The van der Waals surface area contributed by atoms with Gasteiger partial charge in [0, 0.05) is 24.9 Å². The molecule has 0 aliphatic rings. The smallest absolute Gasteiger partial charge is 0.227 e. The molecule has 0 unspecified atom stereocenters. The first kappa shape index (κ1) is 18.2. The van der Waals surface area contributed by atoms with E-state index in [0.29, 0.717) is 42.9 Å². The lowest BCUT2D eigenvalue weighted by molar-refractivity contribution is -0.121. The van der Waals surface area contributed by atoms with Gasteiger partial charge in [-0.3, -0.25) is 4.79 Å². The lowest BCUT2D eigenvalue weighted by Crippen LogP contribution is -2.25. The molecule has 1 amide bonds. The molecular formula is C19H27N3O2. The summed E-state index contributed by atoms with van der Waals surface area (Å²) in [5, 5.41) is 6.92. The molecule has 0 atom stereocenters. The van der Waals surface area contributed by atoms with Gasteiger partial charge in [0.25, 0.3) is 0 Å². The Bertz CT molecular complexity index is 645. The van der Waals surface area contributed by atoms with Crippen LogP contribution in [0.25, 0.3) is 11.4 Å². The van der Waals surface area contributed by atoms with Crippen molar-refractivity contribution in [3.8, 4) is 11.4 Å². The highest BCUT2D eigenvalue weighted by Gasteiger charge is 2.11. The zero-order valence-electron chi connectivity index (χ0n) is 15.0. The molecule has 24 heavy (non-hydrogen) atoms. The Kier molecular flexibility index (Phi) is 6.53. The molecule has 130 valence electrons. The monoisotopic (exact) mass is 329 g/mol. The number of amides is 1. The van der Waals surface area contributed by atoms with E-state index in [2.05, 4.69) is 55.3 Å². The molecule has 2 aromatic rings. The summed E-state index contributed by atoms with van der Waals surface area (Å²) in [5.74, 6) is 2.18. The van der Waals surface area contributed by atoms with E-state index in [1.165, 1.54) is 5.56 Å². The summed E-state index contributed by atoms with van der Waals surface area (Å²) in [7, 11) is 0. The SMILES string of the molecule is CC(C)CCNC(=O)CCc1nc(-c2ccc(C(C)C)cc2)no1. The zero-order chi connectivity index (χ0) is 17.5. The van der Waals surface area contributed by atoms with Crippen LogP contribution < -0.4 is 5.32 Å². The number of carbonyl (C=O) groups excluding carboxylic acids is 1. The second kappa shape index (κ2) is 8.62. The maximum absolute atomic E-state index is 11.8. The minimum Gasteiger partial charge on any atom is -0.356 e. The average Bonchev–Trinajstić information content (AvgIpc) is 3.01. The van der Waals surface area contributed by atoms with Crippen molar-refractivity contribution in [1.29, 1.82) is 0 Å². The third-order valence-corrected chi connectivity index (χ3v) is 3.91. The van der Waals surface area contributed by atoms with Crippen molar-refractivity contribution in [2.75, 3.05) is 6.54 Å². The highest BCUT2D eigenvalue weighted by Crippen LogP contribution is 2.20. The minimum absolute atomic E-state index is 0.0247. The lowest BCUT2D eigenvalue weighted by Gasteiger charge is -2.06.